The topological polar surface area (TPSA) is 103 Å². The van der Waals surface area contributed by atoms with Crippen LogP contribution in [0, 0.1) is 10.1 Å². The Hall–Kier alpha value is -1.71. The molecule has 20 heavy (non-hydrogen) atoms. The summed E-state index contributed by atoms with van der Waals surface area (Å²) in [5.74, 6) is 6.62. The van der Waals surface area contributed by atoms with Gasteiger partial charge in [0.2, 0.25) is 0 Å². The Morgan fingerprint density at radius 3 is 2.50 bits per heavy atom. The number of benzene rings is 1. The third-order valence-corrected chi connectivity index (χ3v) is 3.47. The molecule has 104 valence electrons. The van der Waals surface area contributed by atoms with Gasteiger partial charge in [-0.2, -0.15) is 0 Å². The van der Waals surface area contributed by atoms with Crippen LogP contribution in [-0.4, -0.2) is 9.91 Å². The molecule has 0 amide bonds. The minimum absolute atomic E-state index is 0.0462. The summed E-state index contributed by atoms with van der Waals surface area (Å²) < 4.78 is 6.58. The Balaban J connectivity index is 2.36. The number of nitrogens with two attached hydrogens (primary N) is 1. The fourth-order valence-corrected chi connectivity index (χ4v) is 2.75. The number of hydrogen-bond donors (Lipinski definition) is 2. The molecule has 1 aromatic heterocycles. The molecule has 3 N–H and O–H groups in total. The number of nitrogen functional groups attached to an aromatic ring is 1. The lowest BCUT2D eigenvalue weighted by molar-refractivity contribution is -0.385. The maximum atomic E-state index is 10.8. The van der Waals surface area contributed by atoms with E-state index in [0.29, 0.717) is 26.3 Å². The molecule has 1 heterocycles. The lowest BCUT2D eigenvalue weighted by Gasteiger charge is -2.10. The lowest BCUT2D eigenvalue weighted by Crippen LogP contribution is -2.08. The number of hydrogen-bond acceptors (Lipinski definition) is 6. The number of nitrogens with one attached hydrogen (secondary N) is 1. The van der Waals surface area contributed by atoms with Crippen LogP contribution in [0.4, 0.5) is 11.5 Å². The average Bonchev–Trinajstić information content (AvgIpc) is 2.42. The van der Waals surface area contributed by atoms with Crippen LogP contribution in [0.2, 0.25) is 0 Å². The smallest absolute Gasteiger partial charge is 0.271 e. The van der Waals surface area contributed by atoms with Crippen LogP contribution in [0.5, 0.6) is 11.5 Å². The number of nitro groups is 1. The third kappa shape index (κ3) is 3.24. The molecule has 0 aliphatic carbocycles. The van der Waals surface area contributed by atoms with E-state index in [2.05, 4.69) is 42.3 Å². The quantitative estimate of drug-likeness (QED) is 0.459. The molecule has 0 aliphatic heterocycles. The number of hydrazine groups is 1. The van der Waals surface area contributed by atoms with E-state index < -0.39 is 4.92 Å². The molecule has 2 aromatic rings. The normalized spacial score (nSPS) is 10.2. The van der Waals surface area contributed by atoms with Crippen molar-refractivity contribution in [2.24, 2.45) is 5.84 Å². The number of halogens is 2. The third-order valence-electron chi connectivity index (χ3n) is 2.29. The van der Waals surface area contributed by atoms with Gasteiger partial charge in [-0.25, -0.2) is 10.8 Å². The molecule has 7 nitrogen and oxygen atoms in total. The van der Waals surface area contributed by atoms with Gasteiger partial charge in [0.05, 0.1) is 13.9 Å². The molecule has 0 radical (unpaired) electrons. The molecule has 0 aliphatic rings. The molecular weight excluding hydrogens is 396 g/mol. The Bertz CT molecular complexity index is 643. The van der Waals surface area contributed by atoms with E-state index in [4.69, 9.17) is 10.6 Å². The number of nitrogens with zero attached hydrogens (tertiary/aromatic N) is 2. The summed E-state index contributed by atoms with van der Waals surface area (Å²) in [6.45, 7) is 0. The monoisotopic (exact) mass is 402 g/mol. The van der Waals surface area contributed by atoms with Crippen LogP contribution in [0.25, 0.3) is 0 Å². The largest absolute Gasteiger partial charge is 0.455 e. The summed E-state index contributed by atoms with van der Waals surface area (Å²) in [5, 5.41) is 10.8. The molecule has 0 bridgehead atoms. The summed E-state index contributed by atoms with van der Waals surface area (Å²) in [7, 11) is 0. The fourth-order valence-electron chi connectivity index (χ4n) is 1.42. The number of pyridine rings is 1. The van der Waals surface area contributed by atoms with E-state index in [-0.39, 0.29) is 5.69 Å². The van der Waals surface area contributed by atoms with Gasteiger partial charge in [-0.15, -0.1) is 0 Å². The van der Waals surface area contributed by atoms with Gasteiger partial charge in [-0.05, 0) is 37.9 Å². The van der Waals surface area contributed by atoms with Gasteiger partial charge in [0.25, 0.3) is 5.69 Å². The van der Waals surface area contributed by atoms with Crippen molar-refractivity contribution in [2.45, 2.75) is 0 Å². The van der Waals surface area contributed by atoms with Crippen LogP contribution < -0.4 is 16.0 Å². The van der Waals surface area contributed by atoms with E-state index in [9.17, 15) is 10.1 Å². The average molecular weight is 404 g/mol. The number of anilines is 1. The number of rotatable bonds is 4. The molecule has 0 unspecified atom stereocenters. The van der Waals surface area contributed by atoms with Crippen LogP contribution >= 0.6 is 31.9 Å². The predicted molar refractivity (Wildman–Crippen MR) is 80.6 cm³/mol. The maximum absolute atomic E-state index is 10.8. The van der Waals surface area contributed by atoms with Gasteiger partial charge in [0.15, 0.2) is 5.75 Å². The zero-order valence-corrected chi connectivity index (χ0v) is 13.0. The van der Waals surface area contributed by atoms with E-state index >= 15 is 0 Å². The lowest BCUT2D eigenvalue weighted by atomic mass is 10.3. The standard InChI is InChI=1S/C11H8Br2N4O3/c12-8-3-6(17(18)19)4-9(13)11(8)20-7-1-2-15-10(5-7)16-14/h1-5H,14H2,(H,15,16). The molecular formula is C11H8Br2N4O3. The Morgan fingerprint density at radius 1 is 1.30 bits per heavy atom. The highest BCUT2D eigenvalue weighted by atomic mass is 79.9. The number of ether oxygens (including phenoxy) is 1. The highest BCUT2D eigenvalue weighted by molar-refractivity contribution is 9.11. The predicted octanol–water partition coefficient (Wildman–Crippen LogP) is 3.59. The summed E-state index contributed by atoms with van der Waals surface area (Å²) in [6, 6.07) is 5.97. The fraction of sp³-hybridized carbons (Fsp3) is 0. The van der Waals surface area contributed by atoms with Crippen molar-refractivity contribution in [1.82, 2.24) is 4.98 Å². The van der Waals surface area contributed by atoms with Crippen LogP contribution in [0.15, 0.2) is 39.4 Å². The minimum Gasteiger partial charge on any atom is -0.455 e. The Kier molecular flexibility index (Phi) is 4.53. The van der Waals surface area contributed by atoms with Crippen molar-refractivity contribution in [1.29, 1.82) is 0 Å². The minimum atomic E-state index is -0.484. The zero-order chi connectivity index (χ0) is 14.7. The number of aromatic nitrogens is 1. The van der Waals surface area contributed by atoms with Crippen molar-refractivity contribution < 1.29 is 9.66 Å². The van der Waals surface area contributed by atoms with Crippen molar-refractivity contribution in [3.8, 4) is 11.5 Å². The van der Waals surface area contributed by atoms with Gasteiger partial charge in [0.1, 0.15) is 11.6 Å². The molecule has 0 saturated carbocycles. The zero-order valence-electron chi connectivity index (χ0n) is 9.84. The van der Waals surface area contributed by atoms with Crippen LogP contribution in [0.1, 0.15) is 0 Å². The number of nitro benzene ring substituents is 1. The molecule has 0 spiro atoms. The first-order chi connectivity index (χ1) is 9.51. The molecule has 0 fully saturated rings. The van der Waals surface area contributed by atoms with E-state index in [1.165, 1.54) is 18.3 Å². The van der Waals surface area contributed by atoms with Gasteiger partial charge < -0.3 is 10.2 Å². The van der Waals surface area contributed by atoms with Crippen molar-refractivity contribution in [3.05, 3.63) is 49.5 Å². The van der Waals surface area contributed by atoms with Gasteiger partial charge in [-0.1, -0.05) is 0 Å². The molecule has 0 saturated heterocycles. The number of non-ortho nitro benzene ring substituents is 1. The molecule has 2 rings (SSSR count). The van der Waals surface area contributed by atoms with E-state index in [1.54, 1.807) is 12.1 Å². The van der Waals surface area contributed by atoms with Gasteiger partial charge in [0, 0.05) is 24.4 Å². The molecule has 9 heteroatoms. The summed E-state index contributed by atoms with van der Waals surface area (Å²) in [6.07, 6.45) is 1.53. The second kappa shape index (κ2) is 6.16. The molecule has 0 atom stereocenters. The second-order valence-corrected chi connectivity index (χ2v) is 5.33. The highest BCUT2D eigenvalue weighted by Crippen LogP contribution is 2.39. The first-order valence-electron chi connectivity index (χ1n) is 5.25. The van der Waals surface area contributed by atoms with Crippen LogP contribution in [-0.2, 0) is 0 Å². The second-order valence-electron chi connectivity index (χ2n) is 3.62. The van der Waals surface area contributed by atoms with Crippen molar-refractivity contribution in [2.75, 3.05) is 5.43 Å². The maximum Gasteiger partial charge on any atom is 0.271 e. The Labute approximate surface area is 130 Å². The summed E-state index contributed by atoms with van der Waals surface area (Å²) >= 11 is 6.49. The van der Waals surface area contributed by atoms with E-state index in [1.807, 2.05) is 0 Å². The SMILES string of the molecule is NNc1cc(Oc2c(Br)cc([N+](=O)[O-])cc2Br)ccn1. The summed E-state index contributed by atoms with van der Waals surface area (Å²) in [5.41, 5.74) is 2.36. The van der Waals surface area contributed by atoms with Crippen LogP contribution in [0.3, 0.4) is 0 Å². The van der Waals surface area contributed by atoms with Crippen molar-refractivity contribution in [3.63, 3.8) is 0 Å². The van der Waals surface area contributed by atoms with Gasteiger partial charge >= 0.3 is 0 Å². The highest BCUT2D eigenvalue weighted by Gasteiger charge is 2.15. The summed E-state index contributed by atoms with van der Waals surface area (Å²) in [4.78, 5) is 14.2. The first kappa shape index (κ1) is 14.7. The van der Waals surface area contributed by atoms with Gasteiger partial charge in [-0.3, -0.25) is 10.1 Å². The first-order valence-corrected chi connectivity index (χ1v) is 6.84. The van der Waals surface area contributed by atoms with E-state index in [0.717, 1.165) is 0 Å². The van der Waals surface area contributed by atoms with Crippen molar-refractivity contribution >= 4 is 43.4 Å². The Morgan fingerprint density at radius 2 is 1.95 bits per heavy atom. The molecule has 1 aromatic carbocycles.